The van der Waals surface area contributed by atoms with Crippen molar-refractivity contribution in [3.05, 3.63) is 48.0 Å². The highest BCUT2D eigenvalue weighted by Crippen LogP contribution is 2.16. The average Bonchev–Trinajstić information content (AvgIpc) is 2.57. The molecule has 1 atom stereocenters. The van der Waals surface area contributed by atoms with E-state index in [1.54, 1.807) is 0 Å². The minimum atomic E-state index is -0.387. The van der Waals surface area contributed by atoms with Crippen LogP contribution < -0.4 is 0 Å². The zero-order chi connectivity index (χ0) is 18.2. The van der Waals surface area contributed by atoms with E-state index < -0.39 is 0 Å². The molecule has 0 radical (unpaired) electrons. The van der Waals surface area contributed by atoms with Crippen LogP contribution in [0.25, 0.3) is 10.8 Å². The van der Waals surface area contributed by atoms with E-state index in [-0.39, 0.29) is 37.5 Å². The number of benzene rings is 2. The second-order valence-electron chi connectivity index (χ2n) is 6.77. The van der Waals surface area contributed by atoms with Crippen LogP contribution in [0.15, 0.2) is 42.5 Å². The molecule has 0 spiro atoms. The van der Waals surface area contributed by atoms with Crippen LogP contribution in [0, 0.1) is 5.92 Å². The first-order chi connectivity index (χ1) is 11.9. The van der Waals surface area contributed by atoms with E-state index in [0.717, 1.165) is 22.8 Å². The van der Waals surface area contributed by atoms with Gasteiger partial charge in [0.25, 0.3) is 0 Å². The summed E-state index contributed by atoms with van der Waals surface area (Å²) in [5.41, 5.74) is 0.931. The quantitative estimate of drug-likeness (QED) is 0.656. The van der Waals surface area contributed by atoms with Crippen LogP contribution in [-0.4, -0.2) is 18.0 Å². The molecule has 0 aliphatic rings. The summed E-state index contributed by atoms with van der Waals surface area (Å²) in [5, 5.41) is 2.26. The van der Waals surface area contributed by atoms with Crippen molar-refractivity contribution >= 4 is 22.7 Å². The van der Waals surface area contributed by atoms with Crippen LogP contribution in [0.2, 0.25) is 0 Å². The Labute approximate surface area is 149 Å². The van der Waals surface area contributed by atoms with Gasteiger partial charge in [0, 0.05) is 0 Å². The fraction of sp³-hybridized carbons (Fsp3) is 0.429. The molecular weight excluding hydrogens is 316 g/mol. The summed E-state index contributed by atoms with van der Waals surface area (Å²) in [5.74, 6) is -0.271. The SMILES string of the molecule is CC(C)CC(C)OC(=O)CCC(=O)OCc1ccc2ccccc2c1. The maximum absolute atomic E-state index is 11.8. The summed E-state index contributed by atoms with van der Waals surface area (Å²) in [7, 11) is 0. The largest absolute Gasteiger partial charge is 0.463 e. The predicted octanol–water partition coefficient (Wildman–Crippen LogP) is 4.64. The maximum atomic E-state index is 11.8. The van der Waals surface area contributed by atoms with Crippen LogP contribution in [0.1, 0.15) is 45.6 Å². The van der Waals surface area contributed by atoms with Gasteiger partial charge >= 0.3 is 11.9 Å². The lowest BCUT2D eigenvalue weighted by molar-refractivity contribution is -0.154. The number of carbonyl (C=O) groups is 2. The third-order valence-electron chi connectivity index (χ3n) is 3.88. The van der Waals surface area contributed by atoms with Crippen molar-refractivity contribution in [3.63, 3.8) is 0 Å². The molecule has 4 nitrogen and oxygen atoms in total. The van der Waals surface area contributed by atoms with Gasteiger partial charge < -0.3 is 9.47 Å². The van der Waals surface area contributed by atoms with Crippen LogP contribution >= 0.6 is 0 Å². The summed E-state index contributed by atoms with van der Waals surface area (Å²) in [6.45, 7) is 6.24. The lowest BCUT2D eigenvalue weighted by Gasteiger charge is -2.15. The van der Waals surface area contributed by atoms with Crippen molar-refractivity contribution in [3.8, 4) is 0 Å². The monoisotopic (exact) mass is 342 g/mol. The molecule has 2 rings (SSSR count). The van der Waals surface area contributed by atoms with Crippen molar-refractivity contribution in [2.45, 2.75) is 52.7 Å². The van der Waals surface area contributed by atoms with Gasteiger partial charge in [0.05, 0.1) is 18.9 Å². The molecule has 2 aromatic carbocycles. The van der Waals surface area contributed by atoms with Crippen LogP contribution in [0.3, 0.4) is 0 Å². The normalized spacial score (nSPS) is 12.2. The molecule has 25 heavy (non-hydrogen) atoms. The summed E-state index contributed by atoms with van der Waals surface area (Å²) in [6, 6.07) is 14.0. The fourth-order valence-corrected chi connectivity index (χ4v) is 2.76. The number of carbonyl (C=O) groups excluding carboxylic acids is 2. The first-order valence-corrected chi connectivity index (χ1v) is 8.77. The second kappa shape index (κ2) is 9.21. The zero-order valence-electron chi connectivity index (χ0n) is 15.2. The Morgan fingerprint density at radius 1 is 0.920 bits per heavy atom. The molecule has 134 valence electrons. The van der Waals surface area contributed by atoms with Gasteiger partial charge in [-0.05, 0) is 41.7 Å². The third kappa shape index (κ3) is 6.57. The Morgan fingerprint density at radius 3 is 2.32 bits per heavy atom. The minimum absolute atomic E-state index is 0.0425. The first kappa shape index (κ1) is 19.0. The van der Waals surface area contributed by atoms with Crippen LogP contribution in [-0.2, 0) is 25.7 Å². The maximum Gasteiger partial charge on any atom is 0.306 e. The molecule has 0 saturated heterocycles. The number of rotatable bonds is 8. The number of hydrogen-bond acceptors (Lipinski definition) is 4. The molecule has 0 saturated carbocycles. The second-order valence-corrected chi connectivity index (χ2v) is 6.77. The Morgan fingerprint density at radius 2 is 1.60 bits per heavy atom. The van der Waals surface area contributed by atoms with E-state index in [1.165, 1.54) is 0 Å². The van der Waals surface area contributed by atoms with E-state index in [9.17, 15) is 9.59 Å². The molecule has 4 heteroatoms. The van der Waals surface area contributed by atoms with E-state index in [1.807, 2.05) is 49.4 Å². The topological polar surface area (TPSA) is 52.6 Å². The molecule has 0 aliphatic carbocycles. The van der Waals surface area contributed by atoms with Gasteiger partial charge in [-0.1, -0.05) is 50.2 Å². The van der Waals surface area contributed by atoms with Crippen LogP contribution in [0.5, 0.6) is 0 Å². The van der Waals surface area contributed by atoms with Gasteiger partial charge in [0.2, 0.25) is 0 Å². The van der Waals surface area contributed by atoms with Gasteiger partial charge in [0.15, 0.2) is 0 Å². The Bertz CT molecular complexity index is 721. The Hall–Kier alpha value is -2.36. The molecule has 0 N–H and O–H groups in total. The highest BCUT2D eigenvalue weighted by atomic mass is 16.5. The molecule has 0 heterocycles. The average molecular weight is 342 g/mol. The lowest BCUT2D eigenvalue weighted by atomic mass is 10.1. The lowest BCUT2D eigenvalue weighted by Crippen LogP contribution is -2.18. The van der Waals surface area contributed by atoms with Gasteiger partial charge in [0.1, 0.15) is 6.61 Å². The number of fused-ring (bicyclic) bond motifs is 1. The number of ether oxygens (including phenoxy) is 2. The first-order valence-electron chi connectivity index (χ1n) is 8.77. The standard InChI is InChI=1S/C21H26O4/c1-15(2)12-16(3)25-21(23)11-10-20(22)24-14-17-8-9-18-6-4-5-7-19(18)13-17/h4-9,13,15-16H,10-12,14H2,1-3H3. The molecule has 0 aromatic heterocycles. The molecule has 0 bridgehead atoms. The molecule has 0 amide bonds. The van der Waals surface area contributed by atoms with E-state index >= 15 is 0 Å². The number of esters is 2. The van der Waals surface area contributed by atoms with E-state index in [0.29, 0.717) is 5.92 Å². The van der Waals surface area contributed by atoms with Crippen molar-refractivity contribution in [1.82, 2.24) is 0 Å². The van der Waals surface area contributed by atoms with Gasteiger partial charge in [-0.3, -0.25) is 9.59 Å². The number of hydrogen-bond donors (Lipinski definition) is 0. The third-order valence-corrected chi connectivity index (χ3v) is 3.88. The molecule has 0 aliphatic heterocycles. The highest BCUT2D eigenvalue weighted by molar-refractivity contribution is 5.83. The minimum Gasteiger partial charge on any atom is -0.463 e. The highest BCUT2D eigenvalue weighted by Gasteiger charge is 2.13. The van der Waals surface area contributed by atoms with Crippen molar-refractivity contribution in [2.75, 3.05) is 0 Å². The Balaban J connectivity index is 1.73. The van der Waals surface area contributed by atoms with Gasteiger partial charge in [-0.2, -0.15) is 0 Å². The Kier molecular flexibility index (Phi) is 6.99. The zero-order valence-corrected chi connectivity index (χ0v) is 15.2. The predicted molar refractivity (Wildman–Crippen MR) is 98.0 cm³/mol. The van der Waals surface area contributed by atoms with Crippen molar-refractivity contribution in [1.29, 1.82) is 0 Å². The molecule has 2 aromatic rings. The molecular formula is C21H26O4. The van der Waals surface area contributed by atoms with E-state index in [4.69, 9.17) is 9.47 Å². The van der Waals surface area contributed by atoms with Crippen molar-refractivity contribution in [2.24, 2.45) is 5.92 Å². The summed E-state index contributed by atoms with van der Waals surface area (Å²) in [4.78, 5) is 23.5. The fourth-order valence-electron chi connectivity index (χ4n) is 2.76. The summed E-state index contributed by atoms with van der Waals surface area (Å²) in [6.07, 6.45) is 0.791. The van der Waals surface area contributed by atoms with Gasteiger partial charge in [-0.15, -0.1) is 0 Å². The van der Waals surface area contributed by atoms with E-state index in [2.05, 4.69) is 13.8 Å². The van der Waals surface area contributed by atoms with Crippen LogP contribution in [0.4, 0.5) is 0 Å². The van der Waals surface area contributed by atoms with Crippen molar-refractivity contribution < 1.29 is 19.1 Å². The summed E-state index contributed by atoms with van der Waals surface area (Å²) < 4.78 is 10.5. The molecule has 0 fully saturated rings. The van der Waals surface area contributed by atoms with Gasteiger partial charge in [-0.25, -0.2) is 0 Å². The smallest absolute Gasteiger partial charge is 0.306 e. The summed E-state index contributed by atoms with van der Waals surface area (Å²) >= 11 is 0. The molecule has 1 unspecified atom stereocenters.